The molecule has 0 aliphatic heterocycles. The summed E-state index contributed by atoms with van der Waals surface area (Å²) in [6, 6.07) is 8.01. The maximum Gasteiger partial charge on any atom is 0.123 e. The molecule has 0 aromatic heterocycles. The molecule has 0 radical (unpaired) electrons. The Balaban J connectivity index is 2.46. The van der Waals surface area contributed by atoms with Crippen molar-refractivity contribution < 1.29 is 4.74 Å². The van der Waals surface area contributed by atoms with Crippen molar-refractivity contribution in [3.05, 3.63) is 29.8 Å². The van der Waals surface area contributed by atoms with E-state index in [-0.39, 0.29) is 0 Å². The van der Waals surface area contributed by atoms with Crippen LogP contribution in [0.5, 0.6) is 5.75 Å². The number of hydrogen-bond acceptors (Lipinski definition) is 3. The van der Waals surface area contributed by atoms with E-state index in [4.69, 9.17) is 10.5 Å². The minimum absolute atomic E-state index is 0.526. The molecular formula is C17H30N2O. The maximum atomic E-state index is 5.90. The quantitative estimate of drug-likeness (QED) is 0.754. The standard InChI is InChI=1S/C17H30N2O/c1-14(2)12-19(13-15(3)4)9-10-20-17-8-6-5-7-16(17)11-18/h5-8,14-15H,9-13,18H2,1-4H3. The molecular weight excluding hydrogens is 248 g/mol. The average Bonchev–Trinajstić information content (AvgIpc) is 2.37. The largest absolute Gasteiger partial charge is 0.492 e. The number of benzene rings is 1. The first kappa shape index (κ1) is 17.0. The number of ether oxygens (including phenoxy) is 1. The topological polar surface area (TPSA) is 38.5 Å². The van der Waals surface area contributed by atoms with Crippen LogP contribution in [-0.2, 0) is 6.54 Å². The normalized spacial score (nSPS) is 11.6. The van der Waals surface area contributed by atoms with Crippen molar-refractivity contribution >= 4 is 0 Å². The first-order valence-electron chi connectivity index (χ1n) is 7.66. The highest BCUT2D eigenvalue weighted by molar-refractivity contribution is 5.32. The fraction of sp³-hybridized carbons (Fsp3) is 0.647. The monoisotopic (exact) mass is 278 g/mol. The Kier molecular flexibility index (Phi) is 7.63. The summed E-state index contributed by atoms with van der Waals surface area (Å²) >= 11 is 0. The van der Waals surface area contributed by atoms with Crippen molar-refractivity contribution in [2.75, 3.05) is 26.2 Å². The minimum atomic E-state index is 0.526. The molecule has 0 saturated heterocycles. The summed E-state index contributed by atoms with van der Waals surface area (Å²) in [5.41, 5.74) is 6.80. The Hall–Kier alpha value is -1.06. The highest BCUT2D eigenvalue weighted by Crippen LogP contribution is 2.17. The van der Waals surface area contributed by atoms with Crippen LogP contribution in [0.2, 0.25) is 0 Å². The summed E-state index contributed by atoms with van der Waals surface area (Å²) in [4.78, 5) is 2.49. The Labute approximate surface area is 124 Å². The van der Waals surface area contributed by atoms with Gasteiger partial charge >= 0.3 is 0 Å². The first-order valence-corrected chi connectivity index (χ1v) is 7.66. The zero-order chi connectivity index (χ0) is 15.0. The van der Waals surface area contributed by atoms with Gasteiger partial charge in [0, 0.05) is 31.7 Å². The lowest BCUT2D eigenvalue weighted by atomic mass is 10.1. The second-order valence-electron chi connectivity index (χ2n) is 6.21. The number of hydrogen-bond donors (Lipinski definition) is 1. The van der Waals surface area contributed by atoms with E-state index in [2.05, 4.69) is 32.6 Å². The van der Waals surface area contributed by atoms with Gasteiger partial charge in [-0.3, -0.25) is 4.90 Å². The van der Waals surface area contributed by atoms with E-state index in [1.54, 1.807) is 0 Å². The van der Waals surface area contributed by atoms with Gasteiger partial charge in [-0.2, -0.15) is 0 Å². The second kappa shape index (κ2) is 8.98. The van der Waals surface area contributed by atoms with E-state index in [0.29, 0.717) is 18.4 Å². The molecule has 1 rings (SSSR count). The summed E-state index contributed by atoms with van der Waals surface area (Å²) in [6.45, 7) is 13.5. The fourth-order valence-corrected chi connectivity index (χ4v) is 2.39. The summed E-state index contributed by atoms with van der Waals surface area (Å²) in [5.74, 6) is 2.29. The molecule has 3 heteroatoms. The number of rotatable bonds is 9. The van der Waals surface area contributed by atoms with Crippen LogP contribution in [0.15, 0.2) is 24.3 Å². The van der Waals surface area contributed by atoms with Crippen LogP contribution in [0.4, 0.5) is 0 Å². The first-order chi connectivity index (χ1) is 9.52. The van der Waals surface area contributed by atoms with Crippen LogP contribution in [0.1, 0.15) is 33.3 Å². The van der Waals surface area contributed by atoms with Crippen molar-refractivity contribution in [1.29, 1.82) is 0 Å². The molecule has 0 saturated carbocycles. The maximum absolute atomic E-state index is 5.90. The molecule has 3 nitrogen and oxygen atoms in total. The Morgan fingerprint density at radius 1 is 1.05 bits per heavy atom. The van der Waals surface area contributed by atoms with Crippen LogP contribution >= 0.6 is 0 Å². The molecule has 0 heterocycles. The molecule has 20 heavy (non-hydrogen) atoms. The summed E-state index contributed by atoms with van der Waals surface area (Å²) in [5, 5.41) is 0. The Morgan fingerprint density at radius 3 is 2.20 bits per heavy atom. The van der Waals surface area contributed by atoms with Gasteiger partial charge < -0.3 is 10.5 Å². The van der Waals surface area contributed by atoms with E-state index in [9.17, 15) is 0 Å². The second-order valence-corrected chi connectivity index (χ2v) is 6.21. The van der Waals surface area contributed by atoms with E-state index in [1.165, 1.54) is 0 Å². The van der Waals surface area contributed by atoms with Crippen LogP contribution in [0.25, 0.3) is 0 Å². The number of nitrogens with two attached hydrogens (primary N) is 1. The predicted molar refractivity (Wildman–Crippen MR) is 85.9 cm³/mol. The molecule has 0 fully saturated rings. The molecule has 2 N–H and O–H groups in total. The van der Waals surface area contributed by atoms with Gasteiger partial charge in [-0.15, -0.1) is 0 Å². The van der Waals surface area contributed by atoms with Crippen molar-refractivity contribution in [2.45, 2.75) is 34.2 Å². The van der Waals surface area contributed by atoms with Crippen molar-refractivity contribution in [3.63, 3.8) is 0 Å². The molecule has 114 valence electrons. The number of nitrogens with zero attached hydrogens (tertiary/aromatic N) is 1. The Bertz CT molecular complexity index is 367. The summed E-state index contributed by atoms with van der Waals surface area (Å²) < 4.78 is 5.90. The van der Waals surface area contributed by atoms with E-state index >= 15 is 0 Å². The third-order valence-electron chi connectivity index (χ3n) is 3.10. The molecule has 0 atom stereocenters. The van der Waals surface area contributed by atoms with Crippen LogP contribution < -0.4 is 10.5 Å². The van der Waals surface area contributed by atoms with Gasteiger partial charge in [-0.25, -0.2) is 0 Å². The third kappa shape index (κ3) is 6.40. The van der Waals surface area contributed by atoms with Crippen molar-refractivity contribution in [2.24, 2.45) is 17.6 Å². The predicted octanol–water partition coefficient (Wildman–Crippen LogP) is 3.14. The highest BCUT2D eigenvalue weighted by Gasteiger charge is 2.10. The molecule has 0 unspecified atom stereocenters. The molecule has 0 bridgehead atoms. The van der Waals surface area contributed by atoms with Crippen LogP contribution in [0, 0.1) is 11.8 Å². The SMILES string of the molecule is CC(C)CN(CCOc1ccccc1CN)CC(C)C. The van der Waals surface area contributed by atoms with E-state index in [0.717, 1.165) is 37.6 Å². The molecule has 1 aromatic rings. The van der Waals surface area contributed by atoms with Gasteiger partial charge in [-0.1, -0.05) is 45.9 Å². The zero-order valence-electron chi connectivity index (χ0n) is 13.4. The summed E-state index contributed by atoms with van der Waals surface area (Å²) in [7, 11) is 0. The number of para-hydroxylation sites is 1. The molecule has 0 aliphatic carbocycles. The van der Waals surface area contributed by atoms with Gasteiger partial charge in [0.15, 0.2) is 0 Å². The van der Waals surface area contributed by atoms with Crippen molar-refractivity contribution in [3.8, 4) is 5.75 Å². The molecule has 1 aromatic carbocycles. The van der Waals surface area contributed by atoms with Crippen molar-refractivity contribution in [1.82, 2.24) is 4.90 Å². The molecule has 0 amide bonds. The van der Waals surface area contributed by atoms with Gasteiger partial charge in [0.05, 0.1) is 0 Å². The fourth-order valence-electron chi connectivity index (χ4n) is 2.39. The highest BCUT2D eigenvalue weighted by atomic mass is 16.5. The average molecular weight is 278 g/mol. The van der Waals surface area contributed by atoms with Gasteiger partial charge in [0.2, 0.25) is 0 Å². The summed E-state index contributed by atoms with van der Waals surface area (Å²) in [6.07, 6.45) is 0. The van der Waals surface area contributed by atoms with E-state index < -0.39 is 0 Å². The lowest BCUT2D eigenvalue weighted by Crippen LogP contribution is -2.34. The smallest absolute Gasteiger partial charge is 0.123 e. The lowest BCUT2D eigenvalue weighted by molar-refractivity contribution is 0.177. The zero-order valence-corrected chi connectivity index (χ0v) is 13.4. The lowest BCUT2D eigenvalue weighted by Gasteiger charge is -2.26. The van der Waals surface area contributed by atoms with E-state index in [1.807, 2.05) is 24.3 Å². The Morgan fingerprint density at radius 2 is 1.65 bits per heavy atom. The molecule has 0 aliphatic rings. The van der Waals surface area contributed by atoms with Gasteiger partial charge in [0.1, 0.15) is 12.4 Å². The minimum Gasteiger partial charge on any atom is -0.492 e. The van der Waals surface area contributed by atoms with Gasteiger partial charge in [-0.05, 0) is 17.9 Å². The van der Waals surface area contributed by atoms with Crippen LogP contribution in [-0.4, -0.2) is 31.1 Å². The van der Waals surface area contributed by atoms with Crippen LogP contribution in [0.3, 0.4) is 0 Å². The van der Waals surface area contributed by atoms with Gasteiger partial charge in [0.25, 0.3) is 0 Å². The third-order valence-corrected chi connectivity index (χ3v) is 3.10. The molecule has 0 spiro atoms.